The van der Waals surface area contributed by atoms with Gasteiger partial charge in [0, 0.05) is 12.6 Å². The van der Waals surface area contributed by atoms with E-state index in [-0.39, 0.29) is 29.9 Å². The van der Waals surface area contributed by atoms with Crippen molar-refractivity contribution in [3.8, 4) is 5.75 Å². The Labute approximate surface area is 199 Å². The van der Waals surface area contributed by atoms with Crippen LogP contribution in [0.15, 0.2) is 48.5 Å². The molecule has 33 heavy (non-hydrogen) atoms. The molecule has 2 rings (SSSR count). The van der Waals surface area contributed by atoms with Crippen molar-refractivity contribution in [1.29, 1.82) is 0 Å². The molecule has 0 aliphatic rings. The minimum Gasteiger partial charge on any atom is -0.484 e. The van der Waals surface area contributed by atoms with E-state index in [0.717, 1.165) is 17.5 Å². The highest BCUT2D eigenvalue weighted by atomic mass is 16.5. The minimum atomic E-state index is -0.557. The Balaban J connectivity index is 2.21. The van der Waals surface area contributed by atoms with Gasteiger partial charge in [-0.1, -0.05) is 71.0 Å². The molecule has 0 aliphatic carbocycles. The third-order valence-electron chi connectivity index (χ3n) is 6.07. The number of benzene rings is 2. The van der Waals surface area contributed by atoms with Crippen molar-refractivity contribution in [3.05, 3.63) is 65.2 Å². The Morgan fingerprint density at radius 3 is 2.18 bits per heavy atom. The van der Waals surface area contributed by atoms with Crippen LogP contribution in [-0.4, -0.2) is 35.4 Å². The summed E-state index contributed by atoms with van der Waals surface area (Å²) in [6.07, 6.45) is 1.36. The van der Waals surface area contributed by atoms with Crippen LogP contribution in [-0.2, 0) is 21.5 Å². The van der Waals surface area contributed by atoms with Gasteiger partial charge < -0.3 is 15.0 Å². The highest BCUT2D eigenvalue weighted by Gasteiger charge is 2.29. The highest BCUT2D eigenvalue weighted by Crippen LogP contribution is 2.24. The van der Waals surface area contributed by atoms with Crippen LogP contribution in [0.5, 0.6) is 5.75 Å². The lowest BCUT2D eigenvalue weighted by atomic mass is 9.87. The van der Waals surface area contributed by atoms with Gasteiger partial charge in [0.25, 0.3) is 5.91 Å². The maximum atomic E-state index is 13.3. The molecule has 0 saturated carbocycles. The summed E-state index contributed by atoms with van der Waals surface area (Å²) in [5, 5.41) is 3.04. The first-order valence-electron chi connectivity index (χ1n) is 11.9. The number of nitrogens with zero attached hydrogens (tertiary/aromatic N) is 1. The third-order valence-corrected chi connectivity index (χ3v) is 6.07. The summed E-state index contributed by atoms with van der Waals surface area (Å²) in [6.45, 7) is 14.7. The average Bonchev–Trinajstić information content (AvgIpc) is 2.78. The van der Waals surface area contributed by atoms with Crippen LogP contribution >= 0.6 is 0 Å². The maximum Gasteiger partial charge on any atom is 0.261 e. The molecule has 0 bridgehead atoms. The smallest absolute Gasteiger partial charge is 0.261 e. The molecule has 0 unspecified atom stereocenters. The van der Waals surface area contributed by atoms with E-state index >= 15 is 0 Å². The number of rotatable bonds is 10. The summed E-state index contributed by atoms with van der Waals surface area (Å²) in [5.41, 5.74) is 3.37. The number of amides is 2. The first-order valence-corrected chi connectivity index (χ1v) is 11.9. The van der Waals surface area contributed by atoms with Crippen LogP contribution in [0.4, 0.5) is 0 Å². The predicted molar refractivity (Wildman–Crippen MR) is 134 cm³/mol. The second kappa shape index (κ2) is 11.9. The normalized spacial score (nSPS) is 13.2. The summed E-state index contributed by atoms with van der Waals surface area (Å²) >= 11 is 0. The van der Waals surface area contributed by atoms with Crippen molar-refractivity contribution in [3.63, 3.8) is 0 Å². The number of hydrogen-bond acceptors (Lipinski definition) is 3. The maximum absolute atomic E-state index is 13.3. The molecular formula is C28H40N2O3. The summed E-state index contributed by atoms with van der Waals surface area (Å²) in [6, 6.07) is 15.3. The van der Waals surface area contributed by atoms with Gasteiger partial charge in [-0.15, -0.1) is 0 Å². The van der Waals surface area contributed by atoms with E-state index in [1.165, 1.54) is 5.56 Å². The quantitative estimate of drug-likeness (QED) is 0.526. The number of ether oxygens (including phenoxy) is 1. The molecule has 0 aliphatic heterocycles. The highest BCUT2D eigenvalue weighted by molar-refractivity contribution is 5.88. The summed E-state index contributed by atoms with van der Waals surface area (Å²) < 4.78 is 5.84. The minimum absolute atomic E-state index is 0.0516. The van der Waals surface area contributed by atoms with Crippen molar-refractivity contribution >= 4 is 11.8 Å². The van der Waals surface area contributed by atoms with Crippen LogP contribution in [0, 0.1) is 6.92 Å². The van der Waals surface area contributed by atoms with Crippen LogP contribution in [0.2, 0.25) is 0 Å². The SMILES string of the molecule is CC[C@@H](C)NC(=O)[C@H](CC)N(Cc1ccccc1C)C(=O)COc1ccc(C(C)(C)C)cc1. The first kappa shape index (κ1) is 26.4. The molecule has 2 amide bonds. The molecule has 180 valence electrons. The van der Waals surface area contributed by atoms with Crippen molar-refractivity contribution < 1.29 is 14.3 Å². The first-order chi connectivity index (χ1) is 15.6. The van der Waals surface area contributed by atoms with Crippen molar-refractivity contribution in [2.75, 3.05) is 6.61 Å². The molecule has 2 aromatic carbocycles. The van der Waals surface area contributed by atoms with Crippen LogP contribution in [0.3, 0.4) is 0 Å². The van der Waals surface area contributed by atoms with Crippen LogP contribution in [0.25, 0.3) is 0 Å². The lowest BCUT2D eigenvalue weighted by molar-refractivity contribution is -0.143. The zero-order valence-corrected chi connectivity index (χ0v) is 21.3. The number of carbonyl (C=O) groups is 2. The van der Waals surface area contributed by atoms with E-state index in [9.17, 15) is 9.59 Å². The molecule has 0 spiro atoms. The molecule has 1 N–H and O–H groups in total. The van der Waals surface area contributed by atoms with Gasteiger partial charge in [-0.05, 0) is 60.9 Å². The van der Waals surface area contributed by atoms with Gasteiger partial charge in [0.2, 0.25) is 5.91 Å². The molecule has 0 fully saturated rings. The molecule has 5 nitrogen and oxygen atoms in total. The Hall–Kier alpha value is -2.82. The van der Waals surface area contributed by atoms with Gasteiger partial charge in [-0.25, -0.2) is 0 Å². The zero-order valence-electron chi connectivity index (χ0n) is 21.3. The summed E-state index contributed by atoms with van der Waals surface area (Å²) in [4.78, 5) is 28.0. The fourth-order valence-corrected chi connectivity index (χ4v) is 3.61. The topological polar surface area (TPSA) is 58.6 Å². The number of aryl methyl sites for hydroxylation is 1. The van der Waals surface area contributed by atoms with E-state index < -0.39 is 6.04 Å². The molecular weight excluding hydrogens is 412 g/mol. The van der Waals surface area contributed by atoms with Crippen LogP contribution < -0.4 is 10.1 Å². The van der Waals surface area contributed by atoms with E-state index in [2.05, 4.69) is 26.1 Å². The lowest BCUT2D eigenvalue weighted by Crippen LogP contribution is -2.51. The Bertz CT molecular complexity index is 915. The second-order valence-electron chi connectivity index (χ2n) is 9.75. The fraction of sp³-hybridized carbons (Fsp3) is 0.500. The Morgan fingerprint density at radius 2 is 1.64 bits per heavy atom. The van der Waals surface area contributed by atoms with E-state index in [1.54, 1.807) is 4.90 Å². The molecule has 0 radical (unpaired) electrons. The fourth-order valence-electron chi connectivity index (χ4n) is 3.61. The van der Waals surface area contributed by atoms with Crippen LogP contribution in [0.1, 0.15) is 71.1 Å². The largest absolute Gasteiger partial charge is 0.484 e. The van der Waals surface area contributed by atoms with Gasteiger partial charge in [0.05, 0.1) is 0 Å². The Kier molecular flexibility index (Phi) is 9.51. The van der Waals surface area contributed by atoms with E-state index in [1.807, 2.05) is 76.2 Å². The molecule has 0 aromatic heterocycles. The number of carbonyl (C=O) groups excluding carboxylic acids is 2. The zero-order chi connectivity index (χ0) is 24.6. The number of nitrogens with one attached hydrogen (secondary N) is 1. The molecule has 2 aromatic rings. The van der Waals surface area contributed by atoms with Gasteiger partial charge in [0.15, 0.2) is 6.61 Å². The van der Waals surface area contributed by atoms with Gasteiger partial charge in [-0.3, -0.25) is 9.59 Å². The molecule has 0 heterocycles. The third kappa shape index (κ3) is 7.62. The predicted octanol–water partition coefficient (Wildman–Crippen LogP) is 5.39. The Morgan fingerprint density at radius 1 is 1.00 bits per heavy atom. The average molecular weight is 453 g/mol. The lowest BCUT2D eigenvalue weighted by Gasteiger charge is -2.31. The molecule has 0 saturated heterocycles. The summed E-state index contributed by atoms with van der Waals surface area (Å²) in [5.74, 6) is 0.317. The standard InChI is InChI=1S/C28H40N2O3/c1-8-21(4)29-27(32)25(9-2)30(18-22-13-11-10-12-20(22)3)26(31)19-33-24-16-14-23(15-17-24)28(5,6)7/h10-17,21,25H,8-9,18-19H2,1-7H3,(H,29,32)/t21-,25+/m1/s1. The van der Waals surface area contributed by atoms with E-state index in [4.69, 9.17) is 4.74 Å². The van der Waals surface area contributed by atoms with Crippen molar-refractivity contribution in [1.82, 2.24) is 10.2 Å². The van der Waals surface area contributed by atoms with Gasteiger partial charge in [0.1, 0.15) is 11.8 Å². The summed E-state index contributed by atoms with van der Waals surface area (Å²) in [7, 11) is 0. The van der Waals surface area contributed by atoms with Crippen molar-refractivity contribution in [2.24, 2.45) is 0 Å². The molecule has 2 atom stereocenters. The van der Waals surface area contributed by atoms with E-state index in [0.29, 0.717) is 18.7 Å². The monoisotopic (exact) mass is 452 g/mol. The van der Waals surface area contributed by atoms with Gasteiger partial charge >= 0.3 is 0 Å². The van der Waals surface area contributed by atoms with Gasteiger partial charge in [-0.2, -0.15) is 0 Å². The van der Waals surface area contributed by atoms with Crippen molar-refractivity contribution in [2.45, 2.75) is 85.4 Å². The molecule has 5 heteroatoms. The second-order valence-corrected chi connectivity index (χ2v) is 9.75. The number of hydrogen-bond donors (Lipinski definition) is 1.